The minimum absolute atomic E-state index is 0.308. The molecule has 0 spiro atoms. The average Bonchev–Trinajstić information content (AvgIpc) is 2.68. The van der Waals surface area contributed by atoms with E-state index in [0.29, 0.717) is 20.1 Å². The fourth-order valence-electron chi connectivity index (χ4n) is 1.23. The summed E-state index contributed by atoms with van der Waals surface area (Å²) in [6.45, 7) is 0. The second-order valence-corrected chi connectivity index (χ2v) is 5.35. The molecule has 0 bridgehead atoms. The van der Waals surface area contributed by atoms with Crippen LogP contribution >= 0.6 is 38.9 Å². The Kier molecular flexibility index (Phi) is 3.81. The molecule has 0 saturated carbocycles. The fraction of sp³-hybridized carbons (Fsp3) is 0. The van der Waals surface area contributed by atoms with Gasteiger partial charge in [0.15, 0.2) is 0 Å². The predicted molar refractivity (Wildman–Crippen MR) is 71.4 cm³/mol. The predicted octanol–water partition coefficient (Wildman–Crippen LogP) is 4.56. The maximum atomic E-state index is 12.9. The minimum atomic E-state index is -0.371. The van der Waals surface area contributed by atoms with Crippen molar-refractivity contribution in [2.24, 2.45) is 0 Å². The summed E-state index contributed by atoms with van der Waals surface area (Å²) in [5, 5.41) is 4.80. The molecule has 0 unspecified atom stereocenters. The van der Waals surface area contributed by atoms with Crippen LogP contribution in [0, 0.1) is 5.82 Å². The highest BCUT2D eigenvalue weighted by Gasteiger charge is 2.13. The molecule has 1 aromatic carbocycles. The van der Waals surface area contributed by atoms with E-state index in [2.05, 4.69) is 21.2 Å². The van der Waals surface area contributed by atoms with E-state index < -0.39 is 0 Å². The average molecular weight is 335 g/mol. The number of thiophene rings is 1. The largest absolute Gasteiger partial charge is 0.320 e. The summed E-state index contributed by atoms with van der Waals surface area (Å²) in [4.78, 5) is 12.3. The van der Waals surface area contributed by atoms with E-state index in [-0.39, 0.29) is 11.7 Å². The number of anilines is 1. The number of benzene rings is 1. The monoisotopic (exact) mass is 333 g/mol. The van der Waals surface area contributed by atoms with Crippen molar-refractivity contribution < 1.29 is 9.18 Å². The maximum absolute atomic E-state index is 12.9. The van der Waals surface area contributed by atoms with Gasteiger partial charge in [0.05, 0.1) is 10.7 Å². The van der Waals surface area contributed by atoms with Crippen LogP contribution in [0.3, 0.4) is 0 Å². The van der Waals surface area contributed by atoms with Gasteiger partial charge in [0.2, 0.25) is 0 Å². The first kappa shape index (κ1) is 12.5. The molecular weight excluding hydrogens is 329 g/mol. The third-order valence-electron chi connectivity index (χ3n) is 2.00. The summed E-state index contributed by atoms with van der Waals surface area (Å²) in [5.41, 5.74) is 0.501. The van der Waals surface area contributed by atoms with Gasteiger partial charge in [-0.05, 0) is 45.6 Å². The molecule has 0 atom stereocenters. The van der Waals surface area contributed by atoms with Crippen LogP contribution in [0.1, 0.15) is 9.67 Å². The molecule has 0 aliphatic carbocycles. The molecule has 1 amide bonds. The molecule has 1 N–H and O–H groups in total. The molecule has 1 heterocycles. The third-order valence-corrected chi connectivity index (χ3v) is 4.00. The standard InChI is InChI=1S/C11H6BrClFNOS/c12-7-5-6(14)1-2-9(7)15-11(16)10-8(13)3-4-17-10/h1-5H,(H,15,16). The molecule has 0 radical (unpaired) electrons. The van der Waals surface area contributed by atoms with E-state index in [1.807, 2.05) is 0 Å². The number of rotatable bonds is 2. The number of halogens is 3. The molecule has 0 aliphatic rings. The van der Waals surface area contributed by atoms with Crippen molar-refractivity contribution in [1.29, 1.82) is 0 Å². The lowest BCUT2D eigenvalue weighted by atomic mass is 10.3. The Bertz CT molecular complexity index is 572. The molecule has 2 nitrogen and oxygen atoms in total. The Morgan fingerprint density at radius 1 is 1.41 bits per heavy atom. The van der Waals surface area contributed by atoms with E-state index in [1.165, 1.54) is 29.5 Å². The molecule has 6 heteroatoms. The van der Waals surface area contributed by atoms with E-state index in [9.17, 15) is 9.18 Å². The maximum Gasteiger partial charge on any atom is 0.267 e. The van der Waals surface area contributed by atoms with Crippen molar-refractivity contribution in [3.05, 3.63) is 49.8 Å². The number of hydrogen-bond donors (Lipinski definition) is 1. The number of hydrogen-bond acceptors (Lipinski definition) is 2. The van der Waals surface area contributed by atoms with E-state index in [1.54, 1.807) is 11.4 Å². The van der Waals surface area contributed by atoms with Gasteiger partial charge in [-0.2, -0.15) is 0 Å². The highest BCUT2D eigenvalue weighted by Crippen LogP contribution is 2.26. The van der Waals surface area contributed by atoms with Crippen molar-refractivity contribution >= 4 is 50.5 Å². The fourth-order valence-corrected chi connectivity index (χ4v) is 2.71. The van der Waals surface area contributed by atoms with Gasteiger partial charge in [-0.25, -0.2) is 4.39 Å². The van der Waals surface area contributed by atoms with Crippen LogP contribution in [0.25, 0.3) is 0 Å². The van der Waals surface area contributed by atoms with Crippen molar-refractivity contribution in [2.75, 3.05) is 5.32 Å². The van der Waals surface area contributed by atoms with Crippen LogP contribution in [0.5, 0.6) is 0 Å². The first-order chi connectivity index (χ1) is 8.08. The first-order valence-electron chi connectivity index (χ1n) is 4.57. The number of amides is 1. The van der Waals surface area contributed by atoms with Gasteiger partial charge >= 0.3 is 0 Å². The van der Waals surface area contributed by atoms with Gasteiger partial charge < -0.3 is 5.32 Å². The van der Waals surface area contributed by atoms with E-state index in [0.717, 1.165) is 0 Å². The van der Waals surface area contributed by atoms with Crippen LogP contribution in [0.2, 0.25) is 5.02 Å². The number of carbonyl (C=O) groups excluding carboxylic acids is 1. The Hall–Kier alpha value is -0.910. The van der Waals surface area contributed by atoms with Crippen LogP contribution in [-0.2, 0) is 0 Å². The number of nitrogens with one attached hydrogen (secondary N) is 1. The second kappa shape index (κ2) is 5.16. The molecule has 0 aliphatic heterocycles. The topological polar surface area (TPSA) is 29.1 Å². The molecule has 0 saturated heterocycles. The van der Waals surface area contributed by atoms with Crippen LogP contribution < -0.4 is 5.32 Å². The lowest BCUT2D eigenvalue weighted by molar-refractivity contribution is 0.103. The smallest absolute Gasteiger partial charge is 0.267 e. The lowest BCUT2D eigenvalue weighted by Crippen LogP contribution is -2.11. The van der Waals surface area contributed by atoms with Crippen LogP contribution in [0.4, 0.5) is 10.1 Å². The lowest BCUT2D eigenvalue weighted by Gasteiger charge is -2.06. The Labute approximate surface area is 115 Å². The third kappa shape index (κ3) is 2.86. The zero-order valence-electron chi connectivity index (χ0n) is 8.34. The second-order valence-electron chi connectivity index (χ2n) is 3.18. The van der Waals surface area contributed by atoms with Gasteiger partial charge in [-0.1, -0.05) is 11.6 Å². The Morgan fingerprint density at radius 2 is 2.18 bits per heavy atom. The summed E-state index contributed by atoms with van der Waals surface area (Å²) in [5.74, 6) is -0.679. The Balaban J connectivity index is 2.22. The van der Waals surface area contributed by atoms with Crippen molar-refractivity contribution in [2.45, 2.75) is 0 Å². The zero-order chi connectivity index (χ0) is 12.4. The van der Waals surface area contributed by atoms with Gasteiger partial charge in [0.25, 0.3) is 5.91 Å². The van der Waals surface area contributed by atoms with E-state index >= 15 is 0 Å². The molecule has 2 rings (SSSR count). The van der Waals surface area contributed by atoms with E-state index in [4.69, 9.17) is 11.6 Å². The minimum Gasteiger partial charge on any atom is -0.320 e. The summed E-state index contributed by atoms with van der Waals surface area (Å²) >= 11 is 10.3. The quantitative estimate of drug-likeness (QED) is 0.857. The zero-order valence-corrected chi connectivity index (χ0v) is 11.5. The van der Waals surface area contributed by atoms with Crippen molar-refractivity contribution in [1.82, 2.24) is 0 Å². The molecule has 1 aromatic heterocycles. The SMILES string of the molecule is O=C(Nc1ccc(F)cc1Br)c1sccc1Cl. The van der Waals surface area contributed by atoms with Gasteiger partial charge in [0, 0.05) is 4.47 Å². The van der Waals surface area contributed by atoms with Gasteiger partial charge in [-0.3, -0.25) is 4.79 Å². The summed E-state index contributed by atoms with van der Waals surface area (Å²) in [6.07, 6.45) is 0. The highest BCUT2D eigenvalue weighted by atomic mass is 79.9. The van der Waals surface area contributed by atoms with Gasteiger partial charge in [0.1, 0.15) is 10.7 Å². The normalized spacial score (nSPS) is 10.3. The Morgan fingerprint density at radius 3 is 2.76 bits per heavy atom. The number of carbonyl (C=O) groups is 1. The van der Waals surface area contributed by atoms with Crippen LogP contribution in [0.15, 0.2) is 34.1 Å². The van der Waals surface area contributed by atoms with Gasteiger partial charge in [-0.15, -0.1) is 11.3 Å². The molecule has 88 valence electrons. The summed E-state index contributed by atoms with van der Waals surface area (Å²) in [6, 6.07) is 5.70. The molecule has 17 heavy (non-hydrogen) atoms. The molecular formula is C11H6BrClFNOS. The van der Waals surface area contributed by atoms with Crippen molar-refractivity contribution in [3.8, 4) is 0 Å². The summed E-state index contributed by atoms with van der Waals surface area (Å²) < 4.78 is 13.3. The van der Waals surface area contributed by atoms with Crippen molar-refractivity contribution in [3.63, 3.8) is 0 Å². The molecule has 2 aromatic rings. The molecule has 0 fully saturated rings. The summed E-state index contributed by atoms with van der Waals surface area (Å²) in [7, 11) is 0. The van der Waals surface area contributed by atoms with Crippen LogP contribution in [-0.4, -0.2) is 5.91 Å². The first-order valence-corrected chi connectivity index (χ1v) is 6.62. The highest BCUT2D eigenvalue weighted by molar-refractivity contribution is 9.10.